The molecule has 2 rings (SSSR count). The summed E-state index contributed by atoms with van der Waals surface area (Å²) in [7, 11) is 1.64. The maximum absolute atomic E-state index is 11.9. The molecule has 0 aliphatic carbocycles. The van der Waals surface area contributed by atoms with Crippen molar-refractivity contribution in [1.29, 1.82) is 0 Å². The third-order valence-electron chi connectivity index (χ3n) is 3.59. The summed E-state index contributed by atoms with van der Waals surface area (Å²) in [5, 5.41) is 2.78. The molecule has 23 heavy (non-hydrogen) atoms. The molecule has 0 spiro atoms. The van der Waals surface area contributed by atoms with Gasteiger partial charge in [-0.15, -0.1) is 0 Å². The Labute approximate surface area is 137 Å². The molecule has 0 aliphatic heterocycles. The van der Waals surface area contributed by atoms with E-state index in [9.17, 15) is 4.79 Å². The molecular weight excluding hydrogens is 290 g/mol. The van der Waals surface area contributed by atoms with Crippen molar-refractivity contribution in [3.8, 4) is 11.5 Å². The van der Waals surface area contributed by atoms with Gasteiger partial charge in [0.15, 0.2) is 0 Å². The minimum atomic E-state index is -0.424. The van der Waals surface area contributed by atoms with Crippen molar-refractivity contribution in [2.45, 2.75) is 26.2 Å². The monoisotopic (exact) mass is 313 g/mol. The molecule has 0 saturated heterocycles. The fraction of sp³-hybridized carbons (Fsp3) is 0.316. The van der Waals surface area contributed by atoms with E-state index in [0.717, 1.165) is 23.3 Å². The highest BCUT2D eigenvalue weighted by molar-refractivity contribution is 5.70. The minimum Gasteiger partial charge on any atom is -0.497 e. The summed E-state index contributed by atoms with van der Waals surface area (Å²) in [6.45, 7) is 4.67. The molecule has 1 N–H and O–H groups in total. The highest BCUT2D eigenvalue weighted by Crippen LogP contribution is 2.25. The second kappa shape index (κ2) is 8.22. The van der Waals surface area contributed by atoms with E-state index >= 15 is 0 Å². The Kier molecular flexibility index (Phi) is 6.03. The second-order valence-corrected chi connectivity index (χ2v) is 5.61. The van der Waals surface area contributed by atoms with Crippen LogP contribution < -0.4 is 14.8 Å². The largest absolute Gasteiger partial charge is 0.497 e. The van der Waals surface area contributed by atoms with E-state index in [1.807, 2.05) is 48.5 Å². The number of benzene rings is 2. The molecule has 2 aromatic carbocycles. The van der Waals surface area contributed by atoms with Gasteiger partial charge >= 0.3 is 6.09 Å². The van der Waals surface area contributed by atoms with E-state index in [-0.39, 0.29) is 0 Å². The molecule has 122 valence electrons. The van der Waals surface area contributed by atoms with Crippen LogP contribution in [0.2, 0.25) is 0 Å². The van der Waals surface area contributed by atoms with Crippen LogP contribution in [0.4, 0.5) is 4.79 Å². The van der Waals surface area contributed by atoms with Crippen molar-refractivity contribution in [1.82, 2.24) is 5.32 Å². The van der Waals surface area contributed by atoms with Gasteiger partial charge in [-0.2, -0.15) is 0 Å². The summed E-state index contributed by atoms with van der Waals surface area (Å²) in [4.78, 5) is 11.9. The summed E-state index contributed by atoms with van der Waals surface area (Å²) in [6.07, 6.45) is 0.317. The lowest BCUT2D eigenvalue weighted by molar-refractivity contribution is 0.200. The molecule has 2 aromatic rings. The molecule has 0 aromatic heterocycles. The van der Waals surface area contributed by atoms with Crippen LogP contribution in [0.3, 0.4) is 0 Å². The van der Waals surface area contributed by atoms with Gasteiger partial charge in [0.2, 0.25) is 0 Å². The summed E-state index contributed by atoms with van der Waals surface area (Å²) < 4.78 is 10.5. The highest BCUT2D eigenvalue weighted by atomic mass is 16.6. The van der Waals surface area contributed by atoms with E-state index in [1.165, 1.54) is 0 Å². The number of amides is 1. The van der Waals surface area contributed by atoms with Crippen LogP contribution in [-0.4, -0.2) is 19.7 Å². The number of ether oxygens (including phenoxy) is 2. The SMILES string of the molecule is COc1ccc(CCNC(=O)Oc2ccccc2C(C)C)cc1. The zero-order chi connectivity index (χ0) is 16.7. The summed E-state index contributed by atoms with van der Waals surface area (Å²) in [6, 6.07) is 15.4. The number of carbonyl (C=O) groups is 1. The third kappa shape index (κ3) is 5.02. The zero-order valence-electron chi connectivity index (χ0n) is 13.8. The van der Waals surface area contributed by atoms with E-state index in [2.05, 4.69) is 19.2 Å². The molecule has 0 fully saturated rings. The fourth-order valence-corrected chi connectivity index (χ4v) is 2.29. The van der Waals surface area contributed by atoms with Crippen LogP contribution in [0, 0.1) is 0 Å². The lowest BCUT2D eigenvalue weighted by Crippen LogP contribution is -2.29. The Morgan fingerprint density at radius 3 is 2.43 bits per heavy atom. The number of nitrogens with one attached hydrogen (secondary N) is 1. The average molecular weight is 313 g/mol. The predicted molar refractivity (Wildman–Crippen MR) is 91.3 cm³/mol. The molecule has 4 nitrogen and oxygen atoms in total. The molecule has 0 saturated carbocycles. The molecular formula is C19H23NO3. The first kappa shape index (κ1) is 16.9. The topological polar surface area (TPSA) is 47.6 Å². The first-order chi connectivity index (χ1) is 11.1. The van der Waals surface area contributed by atoms with Gasteiger partial charge in [0, 0.05) is 6.54 Å². The second-order valence-electron chi connectivity index (χ2n) is 5.61. The lowest BCUT2D eigenvalue weighted by atomic mass is 10.0. The molecule has 0 atom stereocenters. The summed E-state index contributed by atoms with van der Waals surface area (Å²) >= 11 is 0. The summed E-state index contributed by atoms with van der Waals surface area (Å²) in [5.41, 5.74) is 2.16. The molecule has 0 aliphatic rings. The zero-order valence-corrected chi connectivity index (χ0v) is 13.8. The molecule has 0 unspecified atom stereocenters. The van der Waals surface area contributed by atoms with Gasteiger partial charge in [-0.1, -0.05) is 44.2 Å². The van der Waals surface area contributed by atoms with Gasteiger partial charge in [0.25, 0.3) is 0 Å². The molecule has 4 heteroatoms. The normalized spacial score (nSPS) is 10.4. The maximum Gasteiger partial charge on any atom is 0.412 e. The van der Waals surface area contributed by atoms with Crippen LogP contribution in [0.15, 0.2) is 48.5 Å². The van der Waals surface area contributed by atoms with Crippen molar-refractivity contribution in [2.24, 2.45) is 0 Å². The number of hydrogen-bond acceptors (Lipinski definition) is 3. The Balaban J connectivity index is 1.83. The number of para-hydroxylation sites is 1. The van der Waals surface area contributed by atoms with Gasteiger partial charge in [-0.3, -0.25) is 0 Å². The van der Waals surface area contributed by atoms with Crippen LogP contribution >= 0.6 is 0 Å². The van der Waals surface area contributed by atoms with Crippen LogP contribution in [-0.2, 0) is 6.42 Å². The minimum absolute atomic E-state index is 0.304. The molecule has 0 bridgehead atoms. The molecule has 0 radical (unpaired) electrons. The van der Waals surface area contributed by atoms with Crippen molar-refractivity contribution in [3.63, 3.8) is 0 Å². The Morgan fingerprint density at radius 1 is 1.09 bits per heavy atom. The average Bonchev–Trinajstić information content (AvgIpc) is 2.56. The van der Waals surface area contributed by atoms with Gasteiger partial charge in [-0.05, 0) is 41.7 Å². The maximum atomic E-state index is 11.9. The number of rotatable bonds is 6. The first-order valence-electron chi connectivity index (χ1n) is 7.77. The van der Waals surface area contributed by atoms with Crippen LogP contribution in [0.1, 0.15) is 30.9 Å². The van der Waals surface area contributed by atoms with E-state index in [4.69, 9.17) is 9.47 Å². The standard InChI is InChI=1S/C19H23NO3/c1-14(2)17-6-4-5-7-18(17)23-19(21)20-13-12-15-8-10-16(22-3)11-9-15/h4-11,14H,12-13H2,1-3H3,(H,20,21). The van der Waals surface area contributed by atoms with Gasteiger partial charge in [0.1, 0.15) is 11.5 Å². The molecule has 0 heterocycles. The smallest absolute Gasteiger partial charge is 0.412 e. The van der Waals surface area contributed by atoms with Gasteiger partial charge in [-0.25, -0.2) is 4.79 Å². The number of methoxy groups -OCH3 is 1. The van der Waals surface area contributed by atoms with Crippen LogP contribution in [0.5, 0.6) is 11.5 Å². The lowest BCUT2D eigenvalue weighted by Gasteiger charge is -2.13. The van der Waals surface area contributed by atoms with Crippen molar-refractivity contribution < 1.29 is 14.3 Å². The Bertz CT molecular complexity index is 635. The van der Waals surface area contributed by atoms with E-state index in [0.29, 0.717) is 18.2 Å². The van der Waals surface area contributed by atoms with Crippen molar-refractivity contribution in [3.05, 3.63) is 59.7 Å². The molecule has 1 amide bonds. The Hall–Kier alpha value is -2.49. The number of hydrogen-bond donors (Lipinski definition) is 1. The quantitative estimate of drug-likeness (QED) is 0.871. The number of carbonyl (C=O) groups excluding carboxylic acids is 1. The van der Waals surface area contributed by atoms with Crippen molar-refractivity contribution in [2.75, 3.05) is 13.7 Å². The fourth-order valence-electron chi connectivity index (χ4n) is 2.29. The van der Waals surface area contributed by atoms with Crippen LogP contribution in [0.25, 0.3) is 0 Å². The Morgan fingerprint density at radius 2 is 1.78 bits per heavy atom. The van der Waals surface area contributed by atoms with Crippen molar-refractivity contribution >= 4 is 6.09 Å². The van der Waals surface area contributed by atoms with E-state index in [1.54, 1.807) is 7.11 Å². The van der Waals surface area contributed by atoms with Gasteiger partial charge < -0.3 is 14.8 Å². The van der Waals surface area contributed by atoms with E-state index < -0.39 is 6.09 Å². The third-order valence-corrected chi connectivity index (χ3v) is 3.59. The van der Waals surface area contributed by atoms with Gasteiger partial charge in [0.05, 0.1) is 7.11 Å². The highest BCUT2D eigenvalue weighted by Gasteiger charge is 2.10. The summed E-state index contributed by atoms with van der Waals surface area (Å²) in [5.74, 6) is 1.74. The predicted octanol–water partition coefficient (Wildman–Crippen LogP) is 4.15. The first-order valence-corrected chi connectivity index (χ1v) is 7.77.